The number of carbonyl (C=O) groups is 1. The first-order chi connectivity index (χ1) is 17.9. The van der Waals surface area contributed by atoms with E-state index in [9.17, 15) is 14.3 Å². The first-order valence-electron chi connectivity index (χ1n) is 11.7. The van der Waals surface area contributed by atoms with E-state index in [1.807, 2.05) is 30.5 Å². The van der Waals surface area contributed by atoms with Crippen LogP contribution in [0.3, 0.4) is 0 Å². The smallest absolute Gasteiger partial charge is 0.254 e. The monoisotopic (exact) mass is 523 g/mol. The van der Waals surface area contributed by atoms with E-state index in [2.05, 4.69) is 9.97 Å². The molecular formula is C27H26FN3O5S. The zero-order chi connectivity index (χ0) is 25.9. The van der Waals surface area contributed by atoms with Crippen LogP contribution >= 0.6 is 11.3 Å². The lowest BCUT2D eigenvalue weighted by Crippen LogP contribution is -2.53. The fourth-order valence-corrected chi connectivity index (χ4v) is 4.67. The Bertz CT molecular complexity index is 1380. The number of hydrogen-bond donors (Lipinski definition) is 2. The van der Waals surface area contributed by atoms with Gasteiger partial charge in [0.1, 0.15) is 22.6 Å². The first-order valence-corrected chi connectivity index (χ1v) is 12.6. The number of nitrogens with zero attached hydrogens (tertiary/aromatic N) is 2. The topological polar surface area (TPSA) is 96.9 Å². The number of halogens is 1. The number of aliphatic hydroxyl groups is 1. The average Bonchev–Trinajstić information content (AvgIpc) is 3.55. The molecule has 1 fully saturated rings. The molecule has 5 rings (SSSR count). The summed E-state index contributed by atoms with van der Waals surface area (Å²) in [7, 11) is 1.60. The highest BCUT2D eigenvalue weighted by atomic mass is 32.1. The van der Waals surface area contributed by atoms with Crippen molar-refractivity contribution < 1.29 is 28.5 Å². The molecular weight excluding hydrogens is 497 g/mol. The molecule has 3 heterocycles. The molecule has 0 aliphatic carbocycles. The van der Waals surface area contributed by atoms with Crippen molar-refractivity contribution in [1.82, 2.24) is 14.9 Å². The van der Waals surface area contributed by atoms with E-state index in [-0.39, 0.29) is 36.4 Å². The maximum Gasteiger partial charge on any atom is 0.254 e. The number of aromatic amines is 1. The number of ether oxygens (including phenoxy) is 3. The molecule has 8 nitrogen and oxygen atoms in total. The van der Waals surface area contributed by atoms with Crippen molar-refractivity contribution in [2.45, 2.75) is 19.1 Å². The Labute approximate surface area is 217 Å². The average molecular weight is 524 g/mol. The number of H-pyrrole nitrogens is 1. The third-order valence-corrected chi connectivity index (χ3v) is 6.64. The van der Waals surface area contributed by atoms with Crippen LogP contribution in [0.15, 0.2) is 60.1 Å². The van der Waals surface area contributed by atoms with Crippen LogP contribution in [0.1, 0.15) is 17.3 Å². The molecule has 1 aliphatic rings. The second kappa shape index (κ2) is 10.7. The molecule has 0 radical (unpaired) electrons. The summed E-state index contributed by atoms with van der Waals surface area (Å²) in [5, 5.41) is 12.2. The minimum atomic E-state index is -0.668. The molecule has 0 saturated carbocycles. The Morgan fingerprint density at radius 3 is 2.68 bits per heavy atom. The summed E-state index contributed by atoms with van der Waals surface area (Å²) in [4.78, 5) is 21.6. The van der Waals surface area contributed by atoms with Crippen LogP contribution in [0.25, 0.3) is 22.0 Å². The highest BCUT2D eigenvalue weighted by Gasteiger charge is 2.29. The molecule has 1 atom stereocenters. The van der Waals surface area contributed by atoms with Gasteiger partial charge in [0.05, 0.1) is 18.4 Å². The van der Waals surface area contributed by atoms with E-state index >= 15 is 0 Å². The molecule has 192 valence electrons. The molecule has 0 unspecified atom stereocenters. The van der Waals surface area contributed by atoms with Gasteiger partial charge in [0.2, 0.25) is 0 Å². The fraction of sp³-hybridized carbons (Fsp3) is 0.259. The van der Waals surface area contributed by atoms with Crippen LogP contribution in [0, 0.1) is 5.82 Å². The molecule has 0 bridgehead atoms. The molecule has 37 heavy (non-hydrogen) atoms. The highest BCUT2D eigenvalue weighted by Crippen LogP contribution is 2.35. The number of amides is 1. The van der Waals surface area contributed by atoms with Crippen LogP contribution in [0.2, 0.25) is 0 Å². The van der Waals surface area contributed by atoms with Crippen LogP contribution in [-0.2, 0) is 4.74 Å². The largest absolute Gasteiger partial charge is 0.488 e. The van der Waals surface area contributed by atoms with Gasteiger partial charge in [-0.1, -0.05) is 0 Å². The van der Waals surface area contributed by atoms with Crippen molar-refractivity contribution in [3.05, 3.63) is 71.5 Å². The minimum absolute atomic E-state index is 0.0248. The molecule has 2 N–H and O–H groups in total. The Morgan fingerprint density at radius 1 is 1.19 bits per heavy atom. The lowest BCUT2D eigenvalue weighted by atomic mass is 10.1. The number of likely N-dealkylation sites (tertiary alicyclic amines) is 1. The predicted molar refractivity (Wildman–Crippen MR) is 138 cm³/mol. The number of β-amino-alcohol motifs (C(OH)–C–C–N with tert-alkyl or cyclic N) is 1. The van der Waals surface area contributed by atoms with Crippen LogP contribution in [0.5, 0.6) is 17.2 Å². The number of rotatable bonds is 9. The summed E-state index contributed by atoms with van der Waals surface area (Å²) >= 11 is 1.53. The second-order valence-electron chi connectivity index (χ2n) is 8.81. The zero-order valence-electron chi connectivity index (χ0n) is 20.3. The second-order valence-corrected chi connectivity index (χ2v) is 9.71. The van der Waals surface area contributed by atoms with Crippen molar-refractivity contribution in [3.8, 4) is 39.2 Å². The quantitative estimate of drug-likeness (QED) is 0.322. The Kier molecular flexibility index (Phi) is 7.22. The third-order valence-electron chi connectivity index (χ3n) is 5.83. The number of hydrogen-bond acceptors (Lipinski definition) is 7. The molecule has 4 aromatic rings. The molecule has 2 aromatic carbocycles. The van der Waals surface area contributed by atoms with E-state index in [1.165, 1.54) is 28.4 Å². The van der Waals surface area contributed by atoms with E-state index in [0.717, 1.165) is 28.0 Å². The van der Waals surface area contributed by atoms with Gasteiger partial charge in [-0.05, 0) is 49.4 Å². The number of methoxy groups -OCH3 is 1. The van der Waals surface area contributed by atoms with Gasteiger partial charge in [-0.25, -0.2) is 9.37 Å². The van der Waals surface area contributed by atoms with E-state index in [0.29, 0.717) is 18.1 Å². The van der Waals surface area contributed by atoms with Gasteiger partial charge in [-0.15, -0.1) is 11.3 Å². The Hall–Kier alpha value is -3.73. The van der Waals surface area contributed by atoms with E-state index < -0.39 is 11.9 Å². The molecule has 1 saturated heterocycles. The number of thiazole rings is 1. The van der Waals surface area contributed by atoms with Crippen LogP contribution in [-0.4, -0.2) is 64.9 Å². The van der Waals surface area contributed by atoms with Crippen molar-refractivity contribution >= 4 is 17.2 Å². The van der Waals surface area contributed by atoms with Gasteiger partial charge in [-0.2, -0.15) is 0 Å². The number of aromatic nitrogens is 2. The number of carbonyl (C=O) groups excluding carboxylic acids is 1. The van der Waals surface area contributed by atoms with Gasteiger partial charge < -0.3 is 29.2 Å². The van der Waals surface area contributed by atoms with Gasteiger partial charge in [0.25, 0.3) is 5.91 Å². The highest BCUT2D eigenvalue weighted by molar-refractivity contribution is 7.13. The summed E-state index contributed by atoms with van der Waals surface area (Å²) in [6, 6.07) is 13.3. The molecule has 2 aromatic heterocycles. The van der Waals surface area contributed by atoms with Crippen molar-refractivity contribution in [2.24, 2.45) is 0 Å². The van der Waals surface area contributed by atoms with Crippen molar-refractivity contribution in [3.63, 3.8) is 0 Å². The number of nitrogens with one attached hydrogen (secondary N) is 1. The predicted octanol–water partition coefficient (Wildman–Crippen LogP) is 4.97. The van der Waals surface area contributed by atoms with Crippen LogP contribution < -0.4 is 9.47 Å². The van der Waals surface area contributed by atoms with Crippen molar-refractivity contribution in [1.29, 1.82) is 0 Å². The lowest BCUT2D eigenvalue weighted by Gasteiger charge is -2.35. The lowest BCUT2D eigenvalue weighted by molar-refractivity contribution is 0.00586. The SMILES string of the molecule is COC[C@H](C)Oc1cc(Oc2ccc(C(=O)N3CC(O)C3)cc2F)cc(-c2ccc(-c3nccs3)[nH]2)c1. The number of aliphatic hydroxyl groups excluding tert-OH is 1. The minimum Gasteiger partial charge on any atom is -0.488 e. The number of benzene rings is 2. The Balaban J connectivity index is 1.42. The van der Waals surface area contributed by atoms with Crippen LogP contribution in [0.4, 0.5) is 4.39 Å². The summed E-state index contributed by atoms with van der Waals surface area (Å²) in [5.74, 6) is -0.123. The van der Waals surface area contributed by atoms with Gasteiger partial charge in [0.15, 0.2) is 11.6 Å². The standard InChI is InChI=1S/C27H26FN3O5S/c1-16(15-34-2)35-20-9-18(23-4-5-24(30-23)26-29-7-8-37-26)10-21(12-20)36-25-6-3-17(11-22(25)28)27(33)31-13-19(32)14-31/h3-12,16,19,30,32H,13-15H2,1-2H3/t16-/m0/s1. The summed E-state index contributed by atoms with van der Waals surface area (Å²) in [5.41, 5.74) is 2.68. The van der Waals surface area contributed by atoms with Gasteiger partial charge in [-0.3, -0.25) is 4.79 Å². The van der Waals surface area contributed by atoms with E-state index in [4.69, 9.17) is 14.2 Å². The maximum atomic E-state index is 14.9. The molecule has 0 spiro atoms. The molecule has 10 heteroatoms. The van der Waals surface area contributed by atoms with Gasteiger partial charge in [0, 0.05) is 54.7 Å². The molecule has 1 aliphatic heterocycles. The normalized spacial score (nSPS) is 14.3. The molecule has 1 amide bonds. The Morgan fingerprint density at radius 2 is 1.97 bits per heavy atom. The van der Waals surface area contributed by atoms with Gasteiger partial charge >= 0.3 is 0 Å². The summed E-state index contributed by atoms with van der Waals surface area (Å²) in [6.07, 6.45) is 1.01. The third kappa shape index (κ3) is 5.66. The fourth-order valence-electron chi connectivity index (χ4n) is 4.05. The summed E-state index contributed by atoms with van der Waals surface area (Å²) < 4.78 is 32.1. The zero-order valence-corrected chi connectivity index (χ0v) is 21.1. The maximum absolute atomic E-state index is 14.9. The first kappa shape index (κ1) is 24.9. The van der Waals surface area contributed by atoms with Crippen molar-refractivity contribution in [2.75, 3.05) is 26.8 Å². The van der Waals surface area contributed by atoms with E-state index in [1.54, 1.807) is 25.4 Å². The summed E-state index contributed by atoms with van der Waals surface area (Å²) in [6.45, 7) is 2.78.